The fourth-order valence-corrected chi connectivity index (χ4v) is 1.61. The Morgan fingerprint density at radius 2 is 1.50 bits per heavy atom. The summed E-state index contributed by atoms with van der Waals surface area (Å²) < 4.78 is 38.7. The Labute approximate surface area is 107 Å². The largest absolute Gasteiger partial charge is 0.381 e. The van der Waals surface area contributed by atoms with E-state index in [1.807, 2.05) is 0 Å². The summed E-state index contributed by atoms with van der Waals surface area (Å²) in [6.45, 7) is 0.190. The lowest BCUT2D eigenvalue weighted by molar-refractivity contribution is 0.445. The van der Waals surface area contributed by atoms with Crippen molar-refractivity contribution in [1.29, 1.82) is 0 Å². The lowest BCUT2D eigenvalue weighted by Gasteiger charge is -2.07. The van der Waals surface area contributed by atoms with Crippen LogP contribution in [-0.4, -0.2) is 0 Å². The number of benzene rings is 2. The third-order valence-corrected chi connectivity index (χ3v) is 2.64. The van der Waals surface area contributed by atoms with Crippen molar-refractivity contribution in [2.75, 3.05) is 5.32 Å². The van der Waals surface area contributed by atoms with Gasteiger partial charge in [0, 0.05) is 17.3 Å². The topological polar surface area (TPSA) is 12.0 Å². The third-order valence-electron chi connectivity index (χ3n) is 2.38. The van der Waals surface area contributed by atoms with E-state index in [1.165, 1.54) is 0 Å². The molecule has 0 fully saturated rings. The van der Waals surface area contributed by atoms with Gasteiger partial charge in [-0.2, -0.15) is 0 Å². The van der Waals surface area contributed by atoms with Crippen LogP contribution in [0.1, 0.15) is 5.56 Å². The maximum absolute atomic E-state index is 13.0. The number of hydrogen-bond acceptors (Lipinski definition) is 1. The van der Waals surface area contributed by atoms with Crippen LogP contribution in [0.2, 0.25) is 5.02 Å². The van der Waals surface area contributed by atoms with Crippen molar-refractivity contribution in [3.63, 3.8) is 0 Å². The van der Waals surface area contributed by atoms with E-state index in [4.69, 9.17) is 11.6 Å². The van der Waals surface area contributed by atoms with E-state index in [1.54, 1.807) is 24.3 Å². The lowest BCUT2D eigenvalue weighted by atomic mass is 10.2. The summed E-state index contributed by atoms with van der Waals surface area (Å²) in [6, 6.07) is 8.77. The first kappa shape index (κ1) is 12.8. The smallest absolute Gasteiger partial charge is 0.194 e. The van der Waals surface area contributed by atoms with Gasteiger partial charge in [0.15, 0.2) is 17.5 Å². The first-order valence-corrected chi connectivity index (χ1v) is 5.57. The number of nitrogens with one attached hydrogen (secondary N) is 1. The number of rotatable bonds is 3. The molecule has 0 atom stereocenters. The van der Waals surface area contributed by atoms with E-state index < -0.39 is 17.5 Å². The molecule has 94 valence electrons. The van der Waals surface area contributed by atoms with Gasteiger partial charge in [-0.25, -0.2) is 13.2 Å². The van der Waals surface area contributed by atoms with Crippen LogP contribution in [0.3, 0.4) is 0 Å². The summed E-state index contributed by atoms with van der Waals surface area (Å²) >= 11 is 5.72. The molecule has 0 aliphatic heterocycles. The summed E-state index contributed by atoms with van der Waals surface area (Å²) in [4.78, 5) is 0. The molecule has 0 aliphatic rings. The fourth-order valence-electron chi connectivity index (χ4n) is 1.48. The Morgan fingerprint density at radius 1 is 0.944 bits per heavy atom. The highest BCUT2D eigenvalue weighted by atomic mass is 35.5. The molecule has 0 spiro atoms. The van der Waals surface area contributed by atoms with Crippen molar-refractivity contribution in [2.45, 2.75) is 6.54 Å². The van der Waals surface area contributed by atoms with Crippen LogP contribution in [0.4, 0.5) is 18.9 Å². The Bertz CT molecular complexity index is 532. The fraction of sp³-hybridized carbons (Fsp3) is 0.0769. The van der Waals surface area contributed by atoms with Crippen LogP contribution >= 0.6 is 11.6 Å². The van der Waals surface area contributed by atoms with Gasteiger partial charge in [-0.15, -0.1) is 0 Å². The molecule has 0 aromatic heterocycles. The zero-order valence-electron chi connectivity index (χ0n) is 9.18. The van der Waals surface area contributed by atoms with Gasteiger partial charge in [-0.05, 0) is 42.0 Å². The van der Waals surface area contributed by atoms with Crippen LogP contribution < -0.4 is 5.32 Å². The van der Waals surface area contributed by atoms with Crippen LogP contribution in [-0.2, 0) is 6.54 Å². The van der Waals surface area contributed by atoms with E-state index in [-0.39, 0.29) is 6.54 Å². The van der Waals surface area contributed by atoms with Crippen LogP contribution in [0.15, 0.2) is 36.4 Å². The molecule has 0 saturated heterocycles. The molecule has 18 heavy (non-hydrogen) atoms. The minimum atomic E-state index is -1.45. The van der Waals surface area contributed by atoms with Crippen molar-refractivity contribution >= 4 is 17.3 Å². The van der Waals surface area contributed by atoms with Gasteiger partial charge in [0.05, 0.1) is 0 Å². The summed E-state index contributed by atoms with van der Waals surface area (Å²) in [7, 11) is 0. The molecule has 0 aliphatic carbocycles. The van der Waals surface area contributed by atoms with Gasteiger partial charge in [0.25, 0.3) is 0 Å². The third kappa shape index (κ3) is 2.96. The maximum atomic E-state index is 13.0. The Balaban J connectivity index is 2.08. The standard InChI is InChI=1S/C13H9ClF3N/c14-9-1-3-10(4-2-9)18-7-8-5-11(15)13(17)12(16)6-8/h1-6,18H,7H2. The summed E-state index contributed by atoms with van der Waals surface area (Å²) in [5.41, 5.74) is 1.07. The second-order valence-corrected chi connectivity index (χ2v) is 4.17. The van der Waals surface area contributed by atoms with E-state index >= 15 is 0 Å². The molecule has 2 aromatic carbocycles. The average molecular weight is 272 g/mol. The van der Waals surface area contributed by atoms with Crippen molar-refractivity contribution in [1.82, 2.24) is 0 Å². The van der Waals surface area contributed by atoms with Crippen molar-refractivity contribution < 1.29 is 13.2 Å². The molecule has 0 bridgehead atoms. The average Bonchev–Trinajstić information content (AvgIpc) is 2.35. The quantitative estimate of drug-likeness (QED) is 0.818. The Kier molecular flexibility index (Phi) is 3.77. The van der Waals surface area contributed by atoms with Gasteiger partial charge < -0.3 is 5.32 Å². The lowest BCUT2D eigenvalue weighted by Crippen LogP contribution is -2.02. The first-order valence-electron chi connectivity index (χ1n) is 5.19. The number of hydrogen-bond donors (Lipinski definition) is 1. The molecule has 1 nitrogen and oxygen atoms in total. The summed E-state index contributed by atoms with van der Waals surface area (Å²) in [6.07, 6.45) is 0. The van der Waals surface area contributed by atoms with Crippen LogP contribution in [0, 0.1) is 17.5 Å². The number of anilines is 1. The molecule has 1 N–H and O–H groups in total. The van der Waals surface area contributed by atoms with E-state index in [0.717, 1.165) is 17.8 Å². The minimum absolute atomic E-state index is 0.190. The molecular formula is C13H9ClF3N. The predicted octanol–water partition coefficient (Wildman–Crippen LogP) is 4.37. The maximum Gasteiger partial charge on any atom is 0.194 e. The normalized spacial score (nSPS) is 10.4. The first-order chi connectivity index (χ1) is 8.56. The highest BCUT2D eigenvalue weighted by molar-refractivity contribution is 6.30. The molecule has 0 heterocycles. The van der Waals surface area contributed by atoms with Crippen molar-refractivity contribution in [2.24, 2.45) is 0 Å². The van der Waals surface area contributed by atoms with Crippen LogP contribution in [0.25, 0.3) is 0 Å². The molecule has 0 unspecified atom stereocenters. The molecule has 5 heteroatoms. The zero-order chi connectivity index (χ0) is 13.1. The molecule has 2 rings (SSSR count). The zero-order valence-corrected chi connectivity index (χ0v) is 9.94. The molecule has 0 amide bonds. The summed E-state index contributed by atoms with van der Waals surface area (Å²) in [5.74, 6) is -3.84. The van der Waals surface area contributed by atoms with Gasteiger partial charge in [-0.3, -0.25) is 0 Å². The van der Waals surface area contributed by atoms with Gasteiger partial charge >= 0.3 is 0 Å². The Morgan fingerprint density at radius 3 is 2.06 bits per heavy atom. The molecule has 0 radical (unpaired) electrons. The molecule has 0 saturated carbocycles. The van der Waals surface area contributed by atoms with Gasteiger partial charge in [0.1, 0.15) is 0 Å². The monoisotopic (exact) mass is 271 g/mol. The van der Waals surface area contributed by atoms with E-state index in [2.05, 4.69) is 5.32 Å². The predicted molar refractivity (Wildman–Crippen MR) is 65.1 cm³/mol. The Hall–Kier alpha value is -1.68. The molecule has 2 aromatic rings. The van der Waals surface area contributed by atoms with Gasteiger partial charge in [-0.1, -0.05) is 11.6 Å². The minimum Gasteiger partial charge on any atom is -0.381 e. The van der Waals surface area contributed by atoms with Crippen LogP contribution in [0.5, 0.6) is 0 Å². The number of halogens is 4. The summed E-state index contributed by atoms with van der Waals surface area (Å²) in [5, 5.41) is 3.54. The van der Waals surface area contributed by atoms with E-state index in [9.17, 15) is 13.2 Å². The SMILES string of the molecule is Fc1cc(CNc2ccc(Cl)cc2)cc(F)c1F. The van der Waals surface area contributed by atoms with Gasteiger partial charge in [0.2, 0.25) is 0 Å². The highest BCUT2D eigenvalue weighted by Crippen LogP contribution is 2.17. The highest BCUT2D eigenvalue weighted by Gasteiger charge is 2.10. The van der Waals surface area contributed by atoms with E-state index in [0.29, 0.717) is 10.6 Å². The second-order valence-electron chi connectivity index (χ2n) is 3.73. The second kappa shape index (κ2) is 5.31. The van der Waals surface area contributed by atoms with Crippen molar-refractivity contribution in [3.8, 4) is 0 Å². The van der Waals surface area contributed by atoms with Crippen molar-refractivity contribution in [3.05, 3.63) is 64.4 Å². The molecular weight excluding hydrogens is 263 g/mol.